The number of aromatic nitrogens is 2. The van der Waals surface area contributed by atoms with Gasteiger partial charge in [-0.3, -0.25) is 9.69 Å². The molecule has 0 bridgehead atoms. The predicted octanol–water partition coefficient (Wildman–Crippen LogP) is 2.41. The molecule has 204 valence electrons. The number of methoxy groups -OCH3 is 1. The molecule has 1 aliphatic rings. The number of hydrogen-bond donors (Lipinski definition) is 0. The van der Waals surface area contributed by atoms with Crippen molar-refractivity contribution in [2.45, 2.75) is 30.4 Å². The van der Waals surface area contributed by atoms with Crippen LogP contribution < -0.4 is 0 Å². The van der Waals surface area contributed by atoms with E-state index in [2.05, 4.69) is 9.88 Å². The molecule has 1 aromatic heterocycles. The Hall–Kier alpha value is -3.05. The van der Waals surface area contributed by atoms with Crippen LogP contribution in [0.4, 0.5) is 0 Å². The van der Waals surface area contributed by atoms with Gasteiger partial charge in [0.1, 0.15) is 0 Å². The quantitative estimate of drug-likeness (QED) is 0.329. The minimum Gasteiger partial charge on any atom is -0.383 e. The van der Waals surface area contributed by atoms with Crippen molar-refractivity contribution in [2.75, 3.05) is 53.1 Å². The molecule has 0 saturated carbocycles. The maximum atomic E-state index is 13.5. The maximum absolute atomic E-state index is 13.5. The first-order valence-corrected chi connectivity index (χ1v) is 14.5. The van der Waals surface area contributed by atoms with E-state index in [4.69, 9.17) is 9.47 Å². The molecular weight excluding hydrogens is 504 g/mol. The maximum Gasteiger partial charge on any atom is 0.228 e. The lowest BCUT2D eigenvalue weighted by molar-refractivity contribution is -0.131. The lowest BCUT2D eigenvalue weighted by atomic mass is 10.1. The fraction of sp³-hybridized carbons (Fsp3) is 0.429. The molecule has 1 saturated heterocycles. The van der Waals surface area contributed by atoms with Gasteiger partial charge in [-0.25, -0.2) is 13.4 Å². The number of carbonyl (C=O) groups excluding carboxylic acids is 1. The zero-order chi connectivity index (χ0) is 26.8. The van der Waals surface area contributed by atoms with Crippen LogP contribution in [0.1, 0.15) is 16.8 Å². The van der Waals surface area contributed by atoms with Gasteiger partial charge in [0.2, 0.25) is 20.9 Å². The Bertz CT molecular complexity index is 1260. The summed E-state index contributed by atoms with van der Waals surface area (Å²) in [7, 11) is -2.14. The number of imidazole rings is 1. The number of nitrogens with zero attached hydrogens (tertiary/aromatic N) is 4. The Morgan fingerprint density at radius 2 is 1.66 bits per heavy atom. The second-order valence-electron chi connectivity index (χ2n) is 9.35. The molecule has 0 N–H and O–H groups in total. The Balaban J connectivity index is 1.57. The van der Waals surface area contributed by atoms with Gasteiger partial charge < -0.3 is 18.9 Å². The van der Waals surface area contributed by atoms with Gasteiger partial charge in [-0.05, 0) is 11.1 Å². The number of amides is 1. The van der Waals surface area contributed by atoms with Gasteiger partial charge in [-0.15, -0.1) is 0 Å². The Morgan fingerprint density at radius 3 is 2.32 bits per heavy atom. The number of morpholine rings is 1. The monoisotopic (exact) mass is 540 g/mol. The van der Waals surface area contributed by atoms with Crippen LogP contribution in [0, 0.1) is 0 Å². The van der Waals surface area contributed by atoms with E-state index in [-0.39, 0.29) is 29.8 Å². The Kier molecular flexibility index (Phi) is 10.1. The van der Waals surface area contributed by atoms with Gasteiger partial charge >= 0.3 is 0 Å². The van der Waals surface area contributed by atoms with Gasteiger partial charge in [0.25, 0.3) is 0 Å². The van der Waals surface area contributed by atoms with Gasteiger partial charge in [-0.1, -0.05) is 60.7 Å². The minimum absolute atomic E-state index is 0.00274. The summed E-state index contributed by atoms with van der Waals surface area (Å²) in [5.41, 5.74) is 2.30. The number of ether oxygens (including phenoxy) is 2. The van der Waals surface area contributed by atoms with Gasteiger partial charge in [-0.2, -0.15) is 0 Å². The fourth-order valence-electron chi connectivity index (χ4n) is 4.50. The molecule has 0 radical (unpaired) electrons. The fourth-order valence-corrected chi connectivity index (χ4v) is 6.02. The molecule has 4 rings (SSSR count). The molecule has 0 aliphatic carbocycles. The molecule has 0 atom stereocenters. The molecule has 9 nitrogen and oxygen atoms in total. The summed E-state index contributed by atoms with van der Waals surface area (Å²) in [5.74, 6) is -0.164. The van der Waals surface area contributed by atoms with E-state index in [9.17, 15) is 13.2 Å². The molecule has 1 amide bonds. The van der Waals surface area contributed by atoms with Crippen molar-refractivity contribution < 1.29 is 22.7 Å². The molecular formula is C28H36N4O5S. The predicted molar refractivity (Wildman–Crippen MR) is 144 cm³/mol. The molecule has 3 aromatic rings. The van der Waals surface area contributed by atoms with E-state index in [1.807, 2.05) is 48.5 Å². The molecule has 0 unspecified atom stereocenters. The van der Waals surface area contributed by atoms with Gasteiger partial charge in [0, 0.05) is 39.8 Å². The SMILES string of the molecule is COCCn1c(CN(CCN2CCOCC2)C(=O)Cc2ccccc2)cnc1S(=O)(=O)Cc1ccccc1. The first kappa shape index (κ1) is 28.0. The summed E-state index contributed by atoms with van der Waals surface area (Å²) < 4.78 is 39.1. The van der Waals surface area contributed by atoms with Crippen molar-refractivity contribution in [3.05, 3.63) is 83.7 Å². The zero-order valence-corrected chi connectivity index (χ0v) is 22.7. The lowest BCUT2D eigenvalue weighted by Gasteiger charge is -2.30. The van der Waals surface area contributed by atoms with E-state index in [1.165, 1.54) is 0 Å². The topological polar surface area (TPSA) is 94.0 Å². The first-order valence-electron chi connectivity index (χ1n) is 12.9. The second-order valence-corrected chi connectivity index (χ2v) is 11.2. The van der Waals surface area contributed by atoms with Crippen molar-refractivity contribution in [1.29, 1.82) is 0 Å². The third-order valence-electron chi connectivity index (χ3n) is 6.59. The molecule has 10 heteroatoms. The highest BCUT2D eigenvalue weighted by atomic mass is 32.2. The number of benzene rings is 2. The summed E-state index contributed by atoms with van der Waals surface area (Å²) in [5, 5.41) is -0.00274. The largest absolute Gasteiger partial charge is 0.383 e. The molecule has 1 aliphatic heterocycles. The van der Waals surface area contributed by atoms with Crippen LogP contribution in [0.5, 0.6) is 0 Å². The van der Waals surface area contributed by atoms with E-state index in [0.717, 1.165) is 25.2 Å². The highest BCUT2D eigenvalue weighted by Gasteiger charge is 2.26. The smallest absolute Gasteiger partial charge is 0.228 e. The molecule has 38 heavy (non-hydrogen) atoms. The van der Waals surface area contributed by atoms with Crippen LogP contribution in [0.3, 0.4) is 0 Å². The molecule has 2 heterocycles. The number of rotatable bonds is 13. The minimum atomic E-state index is -3.72. The van der Waals surface area contributed by atoms with E-state index >= 15 is 0 Å². The second kappa shape index (κ2) is 13.7. The van der Waals surface area contributed by atoms with E-state index in [1.54, 1.807) is 34.9 Å². The van der Waals surface area contributed by atoms with Crippen molar-refractivity contribution in [3.63, 3.8) is 0 Å². The third-order valence-corrected chi connectivity index (χ3v) is 8.19. The normalized spacial score (nSPS) is 14.4. The Labute approximate surface area is 224 Å². The average Bonchev–Trinajstić information content (AvgIpc) is 3.34. The highest BCUT2D eigenvalue weighted by molar-refractivity contribution is 7.90. The van der Waals surface area contributed by atoms with E-state index in [0.29, 0.717) is 44.2 Å². The van der Waals surface area contributed by atoms with Crippen LogP contribution in [0.25, 0.3) is 0 Å². The Morgan fingerprint density at radius 1 is 1.00 bits per heavy atom. The van der Waals surface area contributed by atoms with Crippen LogP contribution in [-0.4, -0.2) is 86.8 Å². The lowest BCUT2D eigenvalue weighted by Crippen LogP contribution is -2.43. The van der Waals surface area contributed by atoms with Crippen molar-refractivity contribution in [1.82, 2.24) is 19.4 Å². The summed E-state index contributed by atoms with van der Waals surface area (Å²) >= 11 is 0. The third kappa shape index (κ3) is 7.73. The van der Waals surface area contributed by atoms with Gasteiger partial charge in [0.05, 0.1) is 50.4 Å². The molecule has 1 fully saturated rings. The number of sulfone groups is 1. The zero-order valence-electron chi connectivity index (χ0n) is 21.9. The molecule has 0 spiro atoms. The van der Waals surface area contributed by atoms with Crippen LogP contribution >= 0.6 is 0 Å². The summed E-state index contributed by atoms with van der Waals surface area (Å²) in [6, 6.07) is 18.7. The van der Waals surface area contributed by atoms with Crippen LogP contribution in [-0.2, 0) is 49.4 Å². The van der Waals surface area contributed by atoms with Crippen molar-refractivity contribution >= 4 is 15.7 Å². The van der Waals surface area contributed by atoms with Crippen molar-refractivity contribution in [3.8, 4) is 0 Å². The summed E-state index contributed by atoms with van der Waals surface area (Å²) in [4.78, 5) is 21.9. The summed E-state index contributed by atoms with van der Waals surface area (Å²) in [6.07, 6.45) is 1.85. The standard InChI is InChI=1S/C28H36N4O5S/c1-36-17-16-32-26(21-29-28(32)38(34,35)23-25-10-6-3-7-11-25)22-31(13-12-30-14-18-37-19-15-30)27(33)20-24-8-4-2-5-9-24/h2-11,21H,12-20,22-23H2,1H3. The van der Waals surface area contributed by atoms with Crippen LogP contribution in [0.15, 0.2) is 72.0 Å². The van der Waals surface area contributed by atoms with Gasteiger partial charge in [0.15, 0.2) is 0 Å². The number of hydrogen-bond acceptors (Lipinski definition) is 7. The number of carbonyl (C=O) groups is 1. The van der Waals surface area contributed by atoms with E-state index < -0.39 is 9.84 Å². The van der Waals surface area contributed by atoms with Crippen molar-refractivity contribution in [2.24, 2.45) is 0 Å². The highest BCUT2D eigenvalue weighted by Crippen LogP contribution is 2.19. The van der Waals surface area contributed by atoms with Crippen LogP contribution in [0.2, 0.25) is 0 Å². The summed E-state index contributed by atoms with van der Waals surface area (Å²) in [6.45, 7) is 5.16. The molecule has 2 aromatic carbocycles. The first-order chi connectivity index (χ1) is 18.5. The average molecular weight is 541 g/mol.